The number of hydrogen-bond donors (Lipinski definition) is 1. The van der Waals surface area contributed by atoms with Crippen LogP contribution in [0.3, 0.4) is 0 Å². The molecule has 0 amide bonds. The summed E-state index contributed by atoms with van der Waals surface area (Å²) in [5, 5.41) is 0.804. The Morgan fingerprint density at radius 1 is 1.29 bits per heavy atom. The third kappa shape index (κ3) is 2.44. The minimum Gasteiger partial charge on any atom is -0.326 e. The van der Waals surface area contributed by atoms with E-state index in [2.05, 4.69) is 23.6 Å². The Morgan fingerprint density at radius 2 is 2.07 bits per heavy atom. The van der Waals surface area contributed by atoms with Gasteiger partial charge in [-0.15, -0.1) is 0 Å². The standard InChI is InChI=1S/C11H22N2S/c1-9-8-13(6-7-14-9)11-5-3-2-4-10(11)12/h9-11H,2-8,12H2,1H3. The summed E-state index contributed by atoms with van der Waals surface area (Å²) in [6.45, 7) is 4.85. The van der Waals surface area contributed by atoms with Gasteiger partial charge in [-0.1, -0.05) is 19.8 Å². The molecule has 2 N–H and O–H groups in total. The molecule has 2 aliphatic rings. The number of nitrogens with two attached hydrogens (primary N) is 1. The van der Waals surface area contributed by atoms with Crippen LogP contribution in [0, 0.1) is 0 Å². The first kappa shape index (κ1) is 10.8. The summed E-state index contributed by atoms with van der Waals surface area (Å²) in [5.41, 5.74) is 6.21. The summed E-state index contributed by atoms with van der Waals surface area (Å²) in [6, 6.07) is 1.13. The molecule has 3 unspecified atom stereocenters. The van der Waals surface area contributed by atoms with E-state index >= 15 is 0 Å². The number of nitrogens with zero attached hydrogens (tertiary/aromatic N) is 1. The molecule has 2 rings (SSSR count). The Kier molecular flexibility index (Phi) is 3.74. The molecule has 14 heavy (non-hydrogen) atoms. The Labute approximate surface area is 91.6 Å². The molecule has 1 aliphatic heterocycles. The average Bonchev–Trinajstić information content (AvgIpc) is 2.18. The van der Waals surface area contributed by atoms with Gasteiger partial charge in [-0.25, -0.2) is 0 Å². The molecule has 1 aliphatic carbocycles. The first-order valence-electron chi connectivity index (χ1n) is 5.88. The van der Waals surface area contributed by atoms with Gasteiger partial charge in [0.15, 0.2) is 0 Å². The van der Waals surface area contributed by atoms with E-state index < -0.39 is 0 Å². The van der Waals surface area contributed by atoms with Crippen molar-refractivity contribution in [3.63, 3.8) is 0 Å². The molecule has 1 saturated carbocycles. The largest absolute Gasteiger partial charge is 0.326 e. The molecule has 3 atom stereocenters. The second-order valence-corrected chi connectivity index (χ2v) is 6.24. The Hall–Kier alpha value is 0.270. The average molecular weight is 214 g/mol. The molecule has 3 heteroatoms. The lowest BCUT2D eigenvalue weighted by atomic mass is 9.89. The predicted molar refractivity (Wildman–Crippen MR) is 63.7 cm³/mol. The van der Waals surface area contributed by atoms with Crippen LogP contribution in [0.4, 0.5) is 0 Å². The van der Waals surface area contributed by atoms with Crippen LogP contribution in [-0.4, -0.2) is 41.1 Å². The molecule has 2 nitrogen and oxygen atoms in total. The number of thioether (sulfide) groups is 1. The van der Waals surface area contributed by atoms with Crippen LogP contribution in [0.15, 0.2) is 0 Å². The van der Waals surface area contributed by atoms with Gasteiger partial charge >= 0.3 is 0 Å². The molecule has 1 heterocycles. The molecule has 0 bridgehead atoms. The molecule has 0 radical (unpaired) electrons. The zero-order chi connectivity index (χ0) is 9.97. The van der Waals surface area contributed by atoms with Gasteiger partial charge < -0.3 is 5.73 Å². The molecule has 2 fully saturated rings. The Bertz CT molecular complexity index is 186. The van der Waals surface area contributed by atoms with Gasteiger partial charge in [0.25, 0.3) is 0 Å². The molecular weight excluding hydrogens is 192 g/mol. The van der Waals surface area contributed by atoms with Crippen molar-refractivity contribution >= 4 is 11.8 Å². The van der Waals surface area contributed by atoms with Crippen molar-refractivity contribution in [3.05, 3.63) is 0 Å². The second kappa shape index (κ2) is 4.86. The Balaban J connectivity index is 1.91. The molecule has 1 saturated heterocycles. The normalized spacial score (nSPS) is 41.1. The molecule has 0 spiro atoms. The fraction of sp³-hybridized carbons (Fsp3) is 1.00. The third-order valence-corrected chi connectivity index (χ3v) is 4.66. The number of rotatable bonds is 1. The summed E-state index contributed by atoms with van der Waals surface area (Å²) >= 11 is 2.10. The van der Waals surface area contributed by atoms with Crippen LogP contribution < -0.4 is 5.73 Å². The maximum Gasteiger partial charge on any atom is 0.0247 e. The fourth-order valence-corrected chi connectivity index (χ4v) is 3.78. The molecule has 0 aromatic rings. The van der Waals surface area contributed by atoms with Gasteiger partial charge in [0, 0.05) is 36.2 Å². The highest BCUT2D eigenvalue weighted by atomic mass is 32.2. The van der Waals surface area contributed by atoms with E-state index in [0.717, 1.165) is 5.25 Å². The molecule has 0 aromatic carbocycles. The van der Waals surface area contributed by atoms with Crippen molar-refractivity contribution in [1.82, 2.24) is 4.90 Å². The highest BCUT2D eigenvalue weighted by molar-refractivity contribution is 7.99. The predicted octanol–water partition coefficient (Wildman–Crippen LogP) is 1.69. The van der Waals surface area contributed by atoms with Gasteiger partial charge in [-0.05, 0) is 12.8 Å². The summed E-state index contributed by atoms with van der Waals surface area (Å²) < 4.78 is 0. The lowest BCUT2D eigenvalue weighted by Crippen LogP contribution is -2.53. The zero-order valence-electron chi connectivity index (χ0n) is 9.11. The van der Waals surface area contributed by atoms with Crippen molar-refractivity contribution in [2.75, 3.05) is 18.8 Å². The van der Waals surface area contributed by atoms with E-state index in [4.69, 9.17) is 5.73 Å². The van der Waals surface area contributed by atoms with Gasteiger partial charge in [0.1, 0.15) is 0 Å². The zero-order valence-corrected chi connectivity index (χ0v) is 9.93. The topological polar surface area (TPSA) is 29.3 Å². The first-order valence-corrected chi connectivity index (χ1v) is 6.93. The van der Waals surface area contributed by atoms with Crippen LogP contribution in [0.5, 0.6) is 0 Å². The van der Waals surface area contributed by atoms with E-state index in [0.29, 0.717) is 12.1 Å². The van der Waals surface area contributed by atoms with Gasteiger partial charge in [-0.2, -0.15) is 11.8 Å². The van der Waals surface area contributed by atoms with Crippen molar-refractivity contribution < 1.29 is 0 Å². The van der Waals surface area contributed by atoms with Crippen LogP contribution in [0.2, 0.25) is 0 Å². The number of hydrogen-bond acceptors (Lipinski definition) is 3. The Morgan fingerprint density at radius 3 is 2.79 bits per heavy atom. The van der Waals surface area contributed by atoms with Crippen LogP contribution >= 0.6 is 11.8 Å². The van der Waals surface area contributed by atoms with Gasteiger partial charge in [0.05, 0.1) is 0 Å². The lowest BCUT2D eigenvalue weighted by molar-refractivity contribution is 0.143. The SMILES string of the molecule is CC1CN(C2CCCCC2N)CCS1. The third-order valence-electron chi connectivity index (χ3n) is 3.52. The van der Waals surface area contributed by atoms with Crippen LogP contribution in [0.1, 0.15) is 32.6 Å². The van der Waals surface area contributed by atoms with E-state index in [9.17, 15) is 0 Å². The monoisotopic (exact) mass is 214 g/mol. The lowest BCUT2D eigenvalue weighted by Gasteiger charge is -2.41. The summed E-state index contributed by atoms with van der Waals surface area (Å²) in [6.07, 6.45) is 5.30. The van der Waals surface area contributed by atoms with Crippen molar-refractivity contribution in [3.8, 4) is 0 Å². The first-order chi connectivity index (χ1) is 6.77. The maximum absolute atomic E-state index is 6.21. The maximum atomic E-state index is 6.21. The molecule has 82 valence electrons. The summed E-state index contributed by atoms with van der Waals surface area (Å²) in [5.74, 6) is 1.30. The quantitative estimate of drug-likeness (QED) is 0.720. The van der Waals surface area contributed by atoms with E-state index in [1.807, 2.05) is 0 Å². The van der Waals surface area contributed by atoms with Crippen molar-refractivity contribution in [1.29, 1.82) is 0 Å². The van der Waals surface area contributed by atoms with E-state index in [-0.39, 0.29) is 0 Å². The minimum atomic E-state index is 0.444. The van der Waals surface area contributed by atoms with Crippen LogP contribution in [0.25, 0.3) is 0 Å². The van der Waals surface area contributed by atoms with E-state index in [1.165, 1.54) is 44.5 Å². The second-order valence-electron chi connectivity index (χ2n) is 4.69. The van der Waals surface area contributed by atoms with Gasteiger partial charge in [-0.3, -0.25) is 4.90 Å². The fourth-order valence-electron chi connectivity index (χ4n) is 2.74. The molecular formula is C11H22N2S. The smallest absolute Gasteiger partial charge is 0.0247 e. The highest BCUT2D eigenvalue weighted by Gasteiger charge is 2.30. The molecule has 0 aromatic heterocycles. The van der Waals surface area contributed by atoms with Crippen molar-refractivity contribution in [2.45, 2.75) is 49.9 Å². The van der Waals surface area contributed by atoms with Crippen LogP contribution in [-0.2, 0) is 0 Å². The highest BCUT2D eigenvalue weighted by Crippen LogP contribution is 2.26. The van der Waals surface area contributed by atoms with Crippen molar-refractivity contribution in [2.24, 2.45) is 5.73 Å². The van der Waals surface area contributed by atoms with E-state index in [1.54, 1.807) is 0 Å². The summed E-state index contributed by atoms with van der Waals surface area (Å²) in [7, 11) is 0. The summed E-state index contributed by atoms with van der Waals surface area (Å²) in [4.78, 5) is 2.64. The van der Waals surface area contributed by atoms with Gasteiger partial charge in [0.2, 0.25) is 0 Å². The minimum absolute atomic E-state index is 0.444.